The molecule has 0 spiro atoms. The van der Waals surface area contributed by atoms with Crippen molar-refractivity contribution in [3.8, 4) is 0 Å². The number of rotatable bonds is 4. The van der Waals surface area contributed by atoms with Gasteiger partial charge in [-0.1, -0.05) is 19.8 Å². The summed E-state index contributed by atoms with van der Waals surface area (Å²) in [5, 5.41) is 10.1. The van der Waals surface area contributed by atoms with Crippen LogP contribution >= 0.6 is 0 Å². The van der Waals surface area contributed by atoms with Crippen LogP contribution < -0.4 is 0 Å². The van der Waals surface area contributed by atoms with Gasteiger partial charge in [0.2, 0.25) is 0 Å². The van der Waals surface area contributed by atoms with Crippen molar-refractivity contribution in [1.29, 1.82) is 0 Å². The Morgan fingerprint density at radius 2 is 2.27 bits per heavy atom. The number of aryl methyl sites for hydroxylation is 1. The Hall–Kier alpha value is -0.830. The fourth-order valence-corrected chi connectivity index (χ4v) is 2.51. The molecule has 84 valence electrons. The van der Waals surface area contributed by atoms with Crippen LogP contribution in [0.3, 0.4) is 0 Å². The molecule has 2 rings (SSSR count). The van der Waals surface area contributed by atoms with Crippen molar-refractivity contribution in [2.24, 2.45) is 5.92 Å². The summed E-state index contributed by atoms with van der Waals surface area (Å²) in [4.78, 5) is 4.27. The highest BCUT2D eigenvalue weighted by Gasteiger charge is 2.23. The zero-order valence-electron chi connectivity index (χ0n) is 9.39. The number of nitrogens with zero attached hydrogens (tertiary/aromatic N) is 2. The number of hydrogen-bond donors (Lipinski definition) is 1. The Bertz CT molecular complexity index is 302. The van der Waals surface area contributed by atoms with Gasteiger partial charge in [0.05, 0.1) is 12.6 Å². The third-order valence-electron chi connectivity index (χ3n) is 3.45. The van der Waals surface area contributed by atoms with Crippen LogP contribution in [0.1, 0.15) is 38.4 Å². The normalized spacial score (nSPS) is 19.6. The second kappa shape index (κ2) is 4.79. The summed E-state index contributed by atoms with van der Waals surface area (Å²) in [6.45, 7) is 2.81. The molecule has 1 aromatic heterocycles. The minimum absolute atomic E-state index is 0.188. The largest absolute Gasteiger partial charge is 0.391 e. The first-order chi connectivity index (χ1) is 7.31. The van der Waals surface area contributed by atoms with Crippen LogP contribution in [-0.4, -0.2) is 20.8 Å². The van der Waals surface area contributed by atoms with E-state index in [0.29, 0.717) is 12.5 Å². The highest BCUT2D eigenvalue weighted by Crippen LogP contribution is 2.28. The number of aromatic nitrogens is 2. The van der Waals surface area contributed by atoms with Crippen molar-refractivity contribution in [1.82, 2.24) is 9.55 Å². The number of imidazole rings is 1. The van der Waals surface area contributed by atoms with E-state index in [1.54, 1.807) is 0 Å². The fourth-order valence-electron chi connectivity index (χ4n) is 2.51. The van der Waals surface area contributed by atoms with E-state index in [-0.39, 0.29) is 6.10 Å². The minimum atomic E-state index is -0.188. The Kier molecular flexibility index (Phi) is 3.41. The standard InChI is InChI=1S/C12H20N2O/c1-2-12-13-7-8-14(12)9-11(15)10-5-3-4-6-10/h7-8,10-11,15H,2-6,9H2,1H3. The van der Waals surface area contributed by atoms with Crippen LogP contribution in [0.15, 0.2) is 12.4 Å². The van der Waals surface area contributed by atoms with Crippen LogP contribution in [0.25, 0.3) is 0 Å². The average molecular weight is 208 g/mol. The smallest absolute Gasteiger partial charge is 0.108 e. The van der Waals surface area contributed by atoms with Crippen LogP contribution in [0.2, 0.25) is 0 Å². The number of aliphatic hydroxyl groups is 1. The van der Waals surface area contributed by atoms with Gasteiger partial charge >= 0.3 is 0 Å². The predicted octanol–water partition coefficient (Wildman–Crippen LogP) is 2.00. The highest BCUT2D eigenvalue weighted by molar-refractivity contribution is 4.92. The summed E-state index contributed by atoms with van der Waals surface area (Å²) in [7, 11) is 0. The van der Waals surface area contributed by atoms with Crippen molar-refractivity contribution in [2.75, 3.05) is 0 Å². The molecular weight excluding hydrogens is 188 g/mol. The lowest BCUT2D eigenvalue weighted by atomic mass is 10.0. The summed E-state index contributed by atoms with van der Waals surface area (Å²) in [5.74, 6) is 1.59. The van der Waals surface area contributed by atoms with Crippen molar-refractivity contribution >= 4 is 0 Å². The first-order valence-corrected chi connectivity index (χ1v) is 5.99. The summed E-state index contributed by atoms with van der Waals surface area (Å²) < 4.78 is 2.09. The average Bonchev–Trinajstić information content (AvgIpc) is 2.87. The molecule has 0 saturated heterocycles. The molecule has 1 heterocycles. The summed E-state index contributed by atoms with van der Waals surface area (Å²) in [5.41, 5.74) is 0. The van der Waals surface area contributed by atoms with Crippen molar-refractivity contribution in [3.63, 3.8) is 0 Å². The number of hydrogen-bond acceptors (Lipinski definition) is 2. The first kappa shape index (κ1) is 10.7. The minimum Gasteiger partial charge on any atom is -0.391 e. The van der Waals surface area contributed by atoms with E-state index >= 15 is 0 Å². The quantitative estimate of drug-likeness (QED) is 0.821. The summed E-state index contributed by atoms with van der Waals surface area (Å²) in [6, 6.07) is 0. The molecule has 3 heteroatoms. The molecule has 1 N–H and O–H groups in total. The fraction of sp³-hybridized carbons (Fsp3) is 0.750. The molecule has 3 nitrogen and oxygen atoms in total. The third kappa shape index (κ3) is 2.40. The van der Waals surface area contributed by atoms with Gasteiger partial charge in [-0.15, -0.1) is 0 Å². The van der Waals surface area contributed by atoms with Crippen LogP contribution in [0.4, 0.5) is 0 Å². The van der Waals surface area contributed by atoms with Crippen molar-refractivity contribution in [3.05, 3.63) is 18.2 Å². The van der Waals surface area contributed by atoms with Gasteiger partial charge in [-0.05, 0) is 18.8 Å². The van der Waals surface area contributed by atoms with Gasteiger partial charge in [-0.2, -0.15) is 0 Å². The van der Waals surface area contributed by atoms with Crippen LogP contribution in [0.5, 0.6) is 0 Å². The Balaban J connectivity index is 1.95. The lowest BCUT2D eigenvalue weighted by molar-refractivity contribution is 0.0922. The molecule has 0 aliphatic heterocycles. The van der Waals surface area contributed by atoms with Gasteiger partial charge in [0, 0.05) is 18.8 Å². The topological polar surface area (TPSA) is 38.0 Å². The molecule has 1 unspecified atom stereocenters. The Labute approximate surface area is 91.1 Å². The van der Waals surface area contributed by atoms with Gasteiger partial charge < -0.3 is 9.67 Å². The first-order valence-electron chi connectivity index (χ1n) is 5.99. The maximum absolute atomic E-state index is 10.1. The second-order valence-corrected chi connectivity index (χ2v) is 4.46. The van der Waals surface area contributed by atoms with E-state index in [9.17, 15) is 5.11 Å². The molecule has 0 bridgehead atoms. The van der Waals surface area contributed by atoms with Gasteiger partial charge in [0.25, 0.3) is 0 Å². The molecule has 0 amide bonds. The monoisotopic (exact) mass is 208 g/mol. The van der Waals surface area contributed by atoms with Gasteiger partial charge in [0.1, 0.15) is 5.82 Å². The highest BCUT2D eigenvalue weighted by atomic mass is 16.3. The van der Waals surface area contributed by atoms with Gasteiger partial charge in [-0.3, -0.25) is 0 Å². The maximum atomic E-state index is 10.1. The van der Waals surface area contributed by atoms with Crippen molar-refractivity contribution < 1.29 is 5.11 Å². The van der Waals surface area contributed by atoms with E-state index in [1.807, 2.05) is 12.4 Å². The molecule has 1 aromatic rings. The number of aliphatic hydroxyl groups excluding tert-OH is 1. The molecule has 1 aliphatic carbocycles. The Morgan fingerprint density at radius 1 is 1.53 bits per heavy atom. The molecule has 1 aliphatic rings. The van der Waals surface area contributed by atoms with E-state index in [4.69, 9.17) is 0 Å². The molecule has 1 fully saturated rings. The molecule has 1 saturated carbocycles. The predicted molar refractivity (Wildman–Crippen MR) is 59.6 cm³/mol. The second-order valence-electron chi connectivity index (χ2n) is 4.46. The van der Waals surface area contributed by atoms with Gasteiger partial charge in [-0.25, -0.2) is 4.98 Å². The SMILES string of the molecule is CCc1nccn1CC(O)C1CCCC1. The molecule has 15 heavy (non-hydrogen) atoms. The zero-order chi connectivity index (χ0) is 10.7. The van der Waals surface area contributed by atoms with Crippen LogP contribution in [0, 0.1) is 5.92 Å². The molecular formula is C12H20N2O. The van der Waals surface area contributed by atoms with Crippen molar-refractivity contribution in [2.45, 2.75) is 51.7 Å². The lowest BCUT2D eigenvalue weighted by Gasteiger charge is -2.19. The van der Waals surface area contributed by atoms with E-state index in [0.717, 1.165) is 12.2 Å². The van der Waals surface area contributed by atoms with E-state index < -0.39 is 0 Å². The third-order valence-corrected chi connectivity index (χ3v) is 3.45. The molecule has 0 aromatic carbocycles. The zero-order valence-corrected chi connectivity index (χ0v) is 9.39. The van der Waals surface area contributed by atoms with Crippen LogP contribution in [-0.2, 0) is 13.0 Å². The van der Waals surface area contributed by atoms with Gasteiger partial charge in [0.15, 0.2) is 0 Å². The van der Waals surface area contributed by atoms with E-state index in [2.05, 4.69) is 16.5 Å². The summed E-state index contributed by atoms with van der Waals surface area (Å²) in [6.07, 6.45) is 9.49. The molecule has 1 atom stereocenters. The Morgan fingerprint density at radius 3 is 2.93 bits per heavy atom. The molecule has 0 radical (unpaired) electrons. The lowest BCUT2D eigenvalue weighted by Crippen LogP contribution is -2.24. The summed E-state index contributed by atoms with van der Waals surface area (Å²) >= 11 is 0. The van der Waals surface area contributed by atoms with E-state index in [1.165, 1.54) is 25.7 Å². The maximum Gasteiger partial charge on any atom is 0.108 e.